The first-order valence-electron chi connectivity index (χ1n) is 11.4. The van der Waals surface area contributed by atoms with Crippen molar-refractivity contribution < 1.29 is 0 Å². The predicted molar refractivity (Wildman–Crippen MR) is 152 cm³/mol. The predicted octanol–water partition coefficient (Wildman–Crippen LogP) is 8.30. The van der Waals surface area contributed by atoms with Gasteiger partial charge in [-0.25, -0.2) is 15.0 Å². The van der Waals surface area contributed by atoms with E-state index >= 15 is 0 Å². The number of fused-ring (bicyclic) bond motifs is 1. The van der Waals surface area contributed by atoms with Crippen molar-refractivity contribution in [1.29, 1.82) is 0 Å². The van der Waals surface area contributed by atoms with Crippen molar-refractivity contribution in [3.05, 3.63) is 125 Å². The summed E-state index contributed by atoms with van der Waals surface area (Å²) in [6, 6.07) is 41.5. The summed E-state index contributed by atoms with van der Waals surface area (Å²) in [5.74, 6) is 2.00. The molecule has 0 N–H and O–H groups in total. The number of hydrogen-bond acceptors (Lipinski definition) is 3. The molecule has 35 heavy (non-hydrogen) atoms. The minimum absolute atomic E-state index is 0.664. The maximum absolute atomic E-state index is 4.84. The van der Waals surface area contributed by atoms with Crippen LogP contribution in [0, 0.1) is 3.57 Å². The summed E-state index contributed by atoms with van der Waals surface area (Å²) in [4.78, 5) is 14.5. The van der Waals surface area contributed by atoms with Gasteiger partial charge >= 0.3 is 0 Å². The van der Waals surface area contributed by atoms with Crippen LogP contribution in [0.4, 0.5) is 0 Å². The lowest BCUT2D eigenvalue weighted by atomic mass is 9.97. The molecular weight excluding hydrogens is 541 g/mol. The molecule has 0 atom stereocenters. The van der Waals surface area contributed by atoms with Gasteiger partial charge in [-0.2, -0.15) is 0 Å². The number of halogens is 1. The average molecular weight is 561 g/mol. The van der Waals surface area contributed by atoms with Gasteiger partial charge in [0, 0.05) is 20.3 Å². The Hall–Kier alpha value is -3.90. The second-order valence-corrected chi connectivity index (χ2v) is 9.42. The first-order valence-corrected chi connectivity index (χ1v) is 12.5. The molecular formula is C31H20IN3. The average Bonchev–Trinajstić information content (AvgIpc) is 2.94. The van der Waals surface area contributed by atoms with E-state index in [0.29, 0.717) is 17.5 Å². The van der Waals surface area contributed by atoms with Gasteiger partial charge in [-0.1, -0.05) is 115 Å². The zero-order valence-corrected chi connectivity index (χ0v) is 20.9. The van der Waals surface area contributed by atoms with Gasteiger partial charge in [-0.3, -0.25) is 0 Å². The molecule has 0 spiro atoms. The Morgan fingerprint density at radius 2 is 0.800 bits per heavy atom. The van der Waals surface area contributed by atoms with Crippen LogP contribution in [0.5, 0.6) is 0 Å². The molecule has 5 aromatic carbocycles. The Morgan fingerprint density at radius 3 is 1.34 bits per heavy atom. The highest BCUT2D eigenvalue weighted by atomic mass is 127. The number of aromatic nitrogens is 3. The molecule has 0 radical (unpaired) electrons. The molecule has 166 valence electrons. The van der Waals surface area contributed by atoms with Crippen LogP contribution in [0.1, 0.15) is 0 Å². The standard InChI is InChI=1S/C31H20IN3/c32-28-20-19-25(26-13-7-8-14-27(26)28)21-15-17-24(18-16-21)31-34-29(22-9-3-1-4-10-22)33-30(35-31)23-11-5-2-6-12-23/h1-20H. The quantitative estimate of drug-likeness (QED) is 0.203. The minimum Gasteiger partial charge on any atom is -0.208 e. The van der Waals surface area contributed by atoms with Gasteiger partial charge in [0.25, 0.3) is 0 Å². The third-order valence-electron chi connectivity index (χ3n) is 6.02. The first-order chi connectivity index (χ1) is 17.3. The van der Waals surface area contributed by atoms with E-state index in [2.05, 4.69) is 83.3 Å². The summed E-state index contributed by atoms with van der Waals surface area (Å²) in [5, 5.41) is 2.53. The number of hydrogen-bond donors (Lipinski definition) is 0. The Bertz CT molecular complexity index is 1570. The van der Waals surface area contributed by atoms with Gasteiger partial charge < -0.3 is 0 Å². The van der Waals surface area contributed by atoms with Crippen molar-refractivity contribution in [3.63, 3.8) is 0 Å². The van der Waals surface area contributed by atoms with Crippen LogP contribution in [0.25, 0.3) is 56.1 Å². The lowest BCUT2D eigenvalue weighted by Crippen LogP contribution is -2.00. The molecule has 0 aliphatic heterocycles. The van der Waals surface area contributed by atoms with E-state index in [0.717, 1.165) is 16.7 Å². The molecule has 1 aromatic heterocycles. The van der Waals surface area contributed by atoms with Crippen molar-refractivity contribution in [3.8, 4) is 45.3 Å². The molecule has 0 aliphatic carbocycles. The molecule has 0 unspecified atom stereocenters. The molecule has 0 saturated carbocycles. The summed E-state index contributed by atoms with van der Waals surface area (Å²) in [5.41, 5.74) is 5.28. The van der Waals surface area contributed by atoms with Crippen molar-refractivity contribution >= 4 is 33.4 Å². The second kappa shape index (κ2) is 9.39. The Kier molecular flexibility index (Phi) is 5.80. The van der Waals surface area contributed by atoms with Crippen LogP contribution in [0.2, 0.25) is 0 Å². The highest BCUT2D eigenvalue weighted by Gasteiger charge is 2.13. The van der Waals surface area contributed by atoms with Crippen LogP contribution in [0.3, 0.4) is 0 Å². The molecule has 0 aliphatic rings. The van der Waals surface area contributed by atoms with Crippen molar-refractivity contribution in [1.82, 2.24) is 15.0 Å². The van der Waals surface area contributed by atoms with E-state index in [-0.39, 0.29) is 0 Å². The maximum Gasteiger partial charge on any atom is 0.164 e. The van der Waals surface area contributed by atoms with E-state index in [9.17, 15) is 0 Å². The summed E-state index contributed by atoms with van der Waals surface area (Å²) < 4.78 is 1.26. The van der Waals surface area contributed by atoms with Gasteiger partial charge in [-0.15, -0.1) is 0 Å². The zero-order chi connectivity index (χ0) is 23.6. The Labute approximate surface area is 217 Å². The summed E-state index contributed by atoms with van der Waals surface area (Å²) in [7, 11) is 0. The largest absolute Gasteiger partial charge is 0.208 e. The molecule has 6 rings (SSSR count). The van der Waals surface area contributed by atoms with Gasteiger partial charge in [0.05, 0.1) is 0 Å². The smallest absolute Gasteiger partial charge is 0.164 e. The molecule has 0 bridgehead atoms. The molecule has 0 fully saturated rings. The van der Waals surface area contributed by atoms with E-state index in [4.69, 9.17) is 15.0 Å². The van der Waals surface area contributed by atoms with Crippen LogP contribution >= 0.6 is 22.6 Å². The number of benzene rings is 5. The Morgan fingerprint density at radius 1 is 0.371 bits per heavy atom. The topological polar surface area (TPSA) is 38.7 Å². The highest BCUT2D eigenvalue weighted by molar-refractivity contribution is 14.1. The van der Waals surface area contributed by atoms with Crippen LogP contribution in [-0.4, -0.2) is 15.0 Å². The van der Waals surface area contributed by atoms with Gasteiger partial charge in [0.1, 0.15) is 0 Å². The molecule has 0 amide bonds. The molecule has 4 heteroatoms. The molecule has 1 heterocycles. The zero-order valence-electron chi connectivity index (χ0n) is 18.8. The molecule has 0 saturated heterocycles. The highest BCUT2D eigenvalue weighted by Crippen LogP contribution is 2.33. The van der Waals surface area contributed by atoms with E-state index < -0.39 is 0 Å². The van der Waals surface area contributed by atoms with Gasteiger partial charge in [0.2, 0.25) is 0 Å². The fraction of sp³-hybridized carbons (Fsp3) is 0. The third kappa shape index (κ3) is 4.33. The minimum atomic E-state index is 0.664. The fourth-order valence-electron chi connectivity index (χ4n) is 4.25. The van der Waals surface area contributed by atoms with Gasteiger partial charge in [0.15, 0.2) is 17.5 Å². The lowest BCUT2D eigenvalue weighted by Gasteiger charge is -2.11. The van der Waals surface area contributed by atoms with Gasteiger partial charge in [-0.05, 0) is 50.6 Å². The molecule has 3 nitrogen and oxygen atoms in total. The van der Waals surface area contributed by atoms with Crippen molar-refractivity contribution in [2.75, 3.05) is 0 Å². The molecule has 6 aromatic rings. The van der Waals surface area contributed by atoms with Crippen molar-refractivity contribution in [2.45, 2.75) is 0 Å². The Balaban J connectivity index is 1.45. The second-order valence-electron chi connectivity index (χ2n) is 8.26. The summed E-state index contributed by atoms with van der Waals surface area (Å²) in [6.07, 6.45) is 0. The SMILES string of the molecule is Ic1ccc(-c2ccc(-c3nc(-c4ccccc4)nc(-c4ccccc4)n3)cc2)c2ccccc12. The van der Waals surface area contributed by atoms with Crippen LogP contribution in [-0.2, 0) is 0 Å². The first kappa shape index (κ1) is 21.6. The number of nitrogens with zero attached hydrogens (tertiary/aromatic N) is 3. The number of rotatable bonds is 4. The summed E-state index contributed by atoms with van der Waals surface area (Å²) in [6.45, 7) is 0. The lowest BCUT2D eigenvalue weighted by molar-refractivity contribution is 1.07. The van der Waals surface area contributed by atoms with Crippen LogP contribution < -0.4 is 0 Å². The van der Waals surface area contributed by atoms with E-state index in [1.165, 1.54) is 25.5 Å². The van der Waals surface area contributed by atoms with E-state index in [1.807, 2.05) is 60.7 Å². The summed E-state index contributed by atoms with van der Waals surface area (Å²) >= 11 is 2.40. The fourth-order valence-corrected chi connectivity index (χ4v) is 4.90. The third-order valence-corrected chi connectivity index (χ3v) is 6.97. The van der Waals surface area contributed by atoms with Crippen molar-refractivity contribution in [2.24, 2.45) is 0 Å². The van der Waals surface area contributed by atoms with E-state index in [1.54, 1.807) is 0 Å². The van der Waals surface area contributed by atoms with Crippen LogP contribution in [0.15, 0.2) is 121 Å². The monoisotopic (exact) mass is 561 g/mol. The normalized spacial score (nSPS) is 11.0. The maximum atomic E-state index is 4.84.